The predicted octanol–water partition coefficient (Wildman–Crippen LogP) is 1.42. The van der Waals surface area contributed by atoms with Crippen LogP contribution in [0.1, 0.15) is 12.1 Å². The molecule has 0 spiro atoms. The van der Waals surface area contributed by atoms with Crippen molar-refractivity contribution in [3.8, 4) is 23.4 Å². The Hall–Kier alpha value is -3.34. The average molecular weight is 354 g/mol. The van der Waals surface area contributed by atoms with Crippen molar-refractivity contribution in [1.29, 1.82) is 5.26 Å². The zero-order chi connectivity index (χ0) is 18.4. The lowest BCUT2D eigenvalue weighted by molar-refractivity contribution is -0.132. The second kappa shape index (κ2) is 8.16. The van der Waals surface area contributed by atoms with E-state index in [0.717, 1.165) is 0 Å². The quantitative estimate of drug-likeness (QED) is 0.773. The number of carbonyl (C=O) groups is 1. The van der Waals surface area contributed by atoms with Crippen LogP contribution in [0, 0.1) is 11.3 Å². The van der Waals surface area contributed by atoms with Gasteiger partial charge in [0, 0.05) is 25.4 Å². The van der Waals surface area contributed by atoms with E-state index in [1.807, 2.05) is 18.2 Å². The molecule has 2 heterocycles. The third kappa shape index (κ3) is 4.00. The minimum Gasteiger partial charge on any atom is -0.493 e. The summed E-state index contributed by atoms with van der Waals surface area (Å²) in [6.07, 6.45) is 3.33. The summed E-state index contributed by atoms with van der Waals surface area (Å²) in [4.78, 5) is 22.0. The van der Waals surface area contributed by atoms with Gasteiger partial charge in [-0.25, -0.2) is 9.97 Å². The number of aromatic nitrogens is 2. The molecule has 3 rings (SSSR count). The molecule has 1 saturated heterocycles. The van der Waals surface area contributed by atoms with E-state index < -0.39 is 0 Å². The molecule has 0 saturated carbocycles. The second-order valence-electron chi connectivity index (χ2n) is 5.63. The Kier molecular flexibility index (Phi) is 5.49. The Morgan fingerprint density at radius 3 is 2.85 bits per heavy atom. The third-order valence-electron chi connectivity index (χ3n) is 3.97. The molecule has 8 nitrogen and oxygen atoms in total. The molecule has 1 atom stereocenters. The molecule has 134 valence electrons. The van der Waals surface area contributed by atoms with E-state index in [0.29, 0.717) is 31.0 Å². The van der Waals surface area contributed by atoms with Crippen molar-refractivity contribution in [1.82, 2.24) is 14.9 Å². The Bertz CT molecular complexity index is 821. The van der Waals surface area contributed by atoms with Crippen molar-refractivity contribution in [3.63, 3.8) is 0 Å². The SMILES string of the molecule is COc1ccccc1OCC(=O)N1CCC(Oc2nccnc2C#N)C1. The van der Waals surface area contributed by atoms with Gasteiger partial charge < -0.3 is 19.1 Å². The fourth-order valence-corrected chi connectivity index (χ4v) is 2.67. The first-order valence-electron chi connectivity index (χ1n) is 8.12. The van der Waals surface area contributed by atoms with Crippen LogP contribution in [0.2, 0.25) is 0 Å². The van der Waals surface area contributed by atoms with Gasteiger partial charge in [0.1, 0.15) is 12.2 Å². The largest absolute Gasteiger partial charge is 0.493 e. The summed E-state index contributed by atoms with van der Waals surface area (Å²) in [7, 11) is 1.55. The number of para-hydroxylation sites is 2. The summed E-state index contributed by atoms with van der Waals surface area (Å²) in [6, 6.07) is 9.11. The number of hydrogen-bond acceptors (Lipinski definition) is 7. The van der Waals surface area contributed by atoms with Crippen molar-refractivity contribution in [2.24, 2.45) is 0 Å². The number of hydrogen-bond donors (Lipinski definition) is 0. The summed E-state index contributed by atoms with van der Waals surface area (Å²) in [6.45, 7) is 0.887. The van der Waals surface area contributed by atoms with Crippen LogP contribution in [-0.2, 0) is 4.79 Å². The van der Waals surface area contributed by atoms with Gasteiger partial charge >= 0.3 is 0 Å². The lowest BCUT2D eigenvalue weighted by Gasteiger charge is -2.18. The van der Waals surface area contributed by atoms with Crippen molar-refractivity contribution in [2.75, 3.05) is 26.8 Å². The fourth-order valence-electron chi connectivity index (χ4n) is 2.67. The Morgan fingerprint density at radius 1 is 1.31 bits per heavy atom. The molecular weight excluding hydrogens is 336 g/mol. The zero-order valence-corrected chi connectivity index (χ0v) is 14.3. The van der Waals surface area contributed by atoms with Gasteiger partial charge in [0.25, 0.3) is 11.8 Å². The number of likely N-dealkylation sites (tertiary alicyclic amines) is 1. The van der Waals surface area contributed by atoms with Gasteiger partial charge in [-0.05, 0) is 12.1 Å². The van der Waals surface area contributed by atoms with Crippen LogP contribution in [0.25, 0.3) is 0 Å². The fraction of sp³-hybridized carbons (Fsp3) is 0.333. The highest BCUT2D eigenvalue weighted by molar-refractivity contribution is 5.78. The van der Waals surface area contributed by atoms with Crippen LogP contribution >= 0.6 is 0 Å². The maximum atomic E-state index is 12.4. The topological polar surface area (TPSA) is 97.6 Å². The van der Waals surface area contributed by atoms with Gasteiger partial charge in [-0.15, -0.1) is 0 Å². The highest BCUT2D eigenvalue weighted by Crippen LogP contribution is 2.26. The summed E-state index contributed by atoms with van der Waals surface area (Å²) >= 11 is 0. The van der Waals surface area contributed by atoms with Crippen LogP contribution in [0.15, 0.2) is 36.7 Å². The summed E-state index contributed by atoms with van der Waals surface area (Å²) < 4.78 is 16.5. The Labute approximate surface area is 150 Å². The number of benzene rings is 1. The summed E-state index contributed by atoms with van der Waals surface area (Å²) in [5, 5.41) is 9.03. The predicted molar refractivity (Wildman–Crippen MR) is 90.8 cm³/mol. The number of carbonyl (C=O) groups excluding carboxylic acids is 1. The van der Waals surface area contributed by atoms with Crippen LogP contribution in [-0.4, -0.2) is 53.7 Å². The molecule has 0 radical (unpaired) electrons. The van der Waals surface area contributed by atoms with E-state index in [-0.39, 0.29) is 30.2 Å². The molecule has 1 aromatic heterocycles. The molecule has 0 N–H and O–H groups in total. The van der Waals surface area contributed by atoms with E-state index in [2.05, 4.69) is 9.97 Å². The van der Waals surface area contributed by atoms with Crippen molar-refractivity contribution < 1.29 is 19.0 Å². The monoisotopic (exact) mass is 354 g/mol. The first-order chi connectivity index (χ1) is 12.7. The first kappa shape index (κ1) is 17.5. The van der Waals surface area contributed by atoms with Crippen LogP contribution < -0.4 is 14.2 Å². The number of nitrogens with zero attached hydrogens (tertiary/aromatic N) is 4. The molecule has 1 aromatic carbocycles. The van der Waals surface area contributed by atoms with E-state index in [9.17, 15) is 4.79 Å². The number of ether oxygens (including phenoxy) is 3. The lowest BCUT2D eigenvalue weighted by Crippen LogP contribution is -2.34. The van der Waals surface area contributed by atoms with Crippen molar-refractivity contribution in [3.05, 3.63) is 42.4 Å². The molecule has 2 aromatic rings. The van der Waals surface area contributed by atoms with E-state index >= 15 is 0 Å². The normalized spacial score (nSPS) is 16.0. The zero-order valence-electron chi connectivity index (χ0n) is 14.3. The minimum absolute atomic E-state index is 0.0817. The van der Waals surface area contributed by atoms with Crippen LogP contribution in [0.5, 0.6) is 17.4 Å². The van der Waals surface area contributed by atoms with Gasteiger partial charge in [0.05, 0.1) is 13.7 Å². The second-order valence-corrected chi connectivity index (χ2v) is 5.63. The Balaban J connectivity index is 1.53. The first-order valence-corrected chi connectivity index (χ1v) is 8.12. The highest BCUT2D eigenvalue weighted by atomic mass is 16.5. The molecule has 1 fully saturated rings. The number of methoxy groups -OCH3 is 1. The third-order valence-corrected chi connectivity index (χ3v) is 3.97. The number of rotatable bonds is 6. The molecule has 0 bridgehead atoms. The van der Waals surface area contributed by atoms with E-state index in [1.165, 1.54) is 12.4 Å². The molecule has 0 aliphatic carbocycles. The Morgan fingerprint density at radius 2 is 2.08 bits per heavy atom. The minimum atomic E-state index is -0.228. The van der Waals surface area contributed by atoms with Gasteiger partial charge in [0.2, 0.25) is 5.69 Å². The van der Waals surface area contributed by atoms with Gasteiger partial charge in [-0.2, -0.15) is 5.26 Å². The number of nitriles is 1. The number of amides is 1. The van der Waals surface area contributed by atoms with E-state index in [1.54, 1.807) is 24.1 Å². The van der Waals surface area contributed by atoms with E-state index in [4.69, 9.17) is 19.5 Å². The molecule has 1 unspecified atom stereocenters. The van der Waals surface area contributed by atoms with Gasteiger partial charge in [-0.1, -0.05) is 12.1 Å². The molecule has 26 heavy (non-hydrogen) atoms. The maximum absolute atomic E-state index is 12.4. The molecular formula is C18H18N4O4. The van der Waals surface area contributed by atoms with Crippen molar-refractivity contribution in [2.45, 2.75) is 12.5 Å². The van der Waals surface area contributed by atoms with Crippen LogP contribution in [0.3, 0.4) is 0 Å². The smallest absolute Gasteiger partial charge is 0.260 e. The highest BCUT2D eigenvalue weighted by Gasteiger charge is 2.29. The maximum Gasteiger partial charge on any atom is 0.260 e. The summed E-state index contributed by atoms with van der Waals surface area (Å²) in [5.74, 6) is 1.16. The molecule has 8 heteroatoms. The lowest BCUT2D eigenvalue weighted by atomic mass is 10.3. The summed E-state index contributed by atoms with van der Waals surface area (Å²) in [5.41, 5.74) is 0.136. The van der Waals surface area contributed by atoms with Crippen molar-refractivity contribution >= 4 is 5.91 Å². The molecule has 1 aliphatic heterocycles. The van der Waals surface area contributed by atoms with Gasteiger partial charge in [0.15, 0.2) is 18.1 Å². The standard InChI is InChI=1S/C18H18N4O4/c1-24-15-4-2-3-5-16(15)25-12-17(23)22-9-6-13(11-22)26-18-14(10-19)20-7-8-21-18/h2-5,7-8,13H,6,9,11-12H2,1H3. The van der Waals surface area contributed by atoms with Crippen LogP contribution in [0.4, 0.5) is 0 Å². The van der Waals surface area contributed by atoms with Gasteiger partial charge in [-0.3, -0.25) is 4.79 Å². The molecule has 1 amide bonds. The molecule has 1 aliphatic rings. The average Bonchev–Trinajstić information content (AvgIpc) is 3.15.